The third kappa shape index (κ3) is 5.11. The summed E-state index contributed by atoms with van der Waals surface area (Å²) in [6.07, 6.45) is 4.67. The van der Waals surface area contributed by atoms with Crippen LogP contribution in [0.5, 0.6) is 0 Å². The molecule has 5 rings (SSSR count). The lowest BCUT2D eigenvalue weighted by atomic mass is 10.1. The molecule has 0 bridgehead atoms. The first-order valence-corrected chi connectivity index (χ1v) is 12.7. The van der Waals surface area contributed by atoms with Crippen LogP contribution in [0.4, 0.5) is 20.6 Å². The van der Waals surface area contributed by atoms with Crippen molar-refractivity contribution in [1.82, 2.24) is 19.7 Å². The van der Waals surface area contributed by atoms with Crippen LogP contribution in [0.2, 0.25) is 0 Å². The first-order chi connectivity index (χ1) is 18.1. The summed E-state index contributed by atoms with van der Waals surface area (Å²) in [5.74, 6) is -0.822. The number of hydrogen-bond donors (Lipinski definition) is 1. The zero-order chi connectivity index (χ0) is 27.0. The second-order valence-electron chi connectivity index (χ2n) is 10.3. The van der Waals surface area contributed by atoms with Gasteiger partial charge in [-0.05, 0) is 63.4 Å². The summed E-state index contributed by atoms with van der Waals surface area (Å²) in [7, 11) is 0. The number of amides is 2. The Hall–Kier alpha value is -4.21. The highest BCUT2D eigenvalue weighted by Crippen LogP contribution is 2.31. The molecule has 3 heterocycles. The van der Waals surface area contributed by atoms with Crippen molar-refractivity contribution < 1.29 is 18.7 Å². The molecule has 2 amide bonds. The molecular weight excluding hydrogens is 487 g/mol. The maximum atomic E-state index is 14.6. The fourth-order valence-electron chi connectivity index (χ4n) is 4.64. The zero-order valence-corrected chi connectivity index (χ0v) is 22.0. The van der Waals surface area contributed by atoms with E-state index >= 15 is 0 Å². The quantitative estimate of drug-likeness (QED) is 0.406. The highest BCUT2D eigenvalue weighted by Gasteiger charge is 2.27. The van der Waals surface area contributed by atoms with Gasteiger partial charge >= 0.3 is 6.09 Å². The lowest BCUT2D eigenvalue weighted by Gasteiger charge is -2.37. The molecule has 0 atom stereocenters. The van der Waals surface area contributed by atoms with Gasteiger partial charge in [0.25, 0.3) is 5.91 Å². The van der Waals surface area contributed by atoms with E-state index in [0.717, 1.165) is 11.1 Å². The first-order valence-electron chi connectivity index (χ1n) is 12.7. The minimum absolute atomic E-state index is 0.311. The number of ether oxygens (including phenoxy) is 1. The van der Waals surface area contributed by atoms with E-state index in [9.17, 15) is 14.0 Å². The van der Waals surface area contributed by atoms with Crippen molar-refractivity contribution >= 4 is 45.1 Å². The predicted molar refractivity (Wildman–Crippen MR) is 145 cm³/mol. The van der Waals surface area contributed by atoms with Gasteiger partial charge in [-0.3, -0.25) is 14.5 Å². The molecule has 0 radical (unpaired) electrons. The number of halogens is 1. The number of anilines is 2. The Labute approximate surface area is 220 Å². The van der Waals surface area contributed by atoms with Crippen LogP contribution in [0.25, 0.3) is 21.7 Å². The molecule has 1 fully saturated rings. The highest BCUT2D eigenvalue weighted by molar-refractivity contribution is 6.14. The maximum Gasteiger partial charge on any atom is 0.410 e. The Bertz CT molecular complexity index is 1520. The van der Waals surface area contributed by atoms with Crippen LogP contribution in [0.15, 0.2) is 48.9 Å². The van der Waals surface area contributed by atoms with Crippen molar-refractivity contribution in [3.8, 4) is 0 Å². The van der Waals surface area contributed by atoms with Gasteiger partial charge in [0.05, 0.1) is 5.56 Å². The van der Waals surface area contributed by atoms with Gasteiger partial charge in [0, 0.05) is 73.5 Å². The first kappa shape index (κ1) is 25.4. The van der Waals surface area contributed by atoms with Gasteiger partial charge in [0.1, 0.15) is 16.9 Å². The molecule has 1 aliphatic rings. The van der Waals surface area contributed by atoms with Crippen LogP contribution in [0.1, 0.15) is 38.1 Å². The number of rotatable bonds is 4. The third-order valence-electron chi connectivity index (χ3n) is 6.50. The summed E-state index contributed by atoms with van der Waals surface area (Å²) >= 11 is 0. The van der Waals surface area contributed by atoms with E-state index in [1.165, 1.54) is 12.3 Å². The fourth-order valence-corrected chi connectivity index (χ4v) is 4.64. The average molecular weight is 519 g/mol. The van der Waals surface area contributed by atoms with E-state index in [1.807, 2.05) is 40.0 Å². The third-order valence-corrected chi connectivity index (χ3v) is 6.50. The van der Waals surface area contributed by atoms with Gasteiger partial charge in [-0.2, -0.15) is 5.10 Å². The largest absolute Gasteiger partial charge is 0.444 e. The maximum absolute atomic E-state index is 14.6. The lowest BCUT2D eigenvalue weighted by molar-refractivity contribution is 0.0240. The number of piperazine rings is 1. The lowest BCUT2D eigenvalue weighted by Crippen LogP contribution is -2.50. The SMILES string of the molecule is CCn1cc2c(N3CCN(C(=O)OC(C)(C)C)CC3)ccc(C(=O)Nc3cc(F)c4cnccc4c3)c2n1. The smallest absolute Gasteiger partial charge is 0.410 e. The molecule has 0 saturated carbocycles. The molecule has 2 aromatic heterocycles. The molecule has 1 N–H and O–H groups in total. The summed E-state index contributed by atoms with van der Waals surface area (Å²) in [6.45, 7) is 10.5. The van der Waals surface area contributed by atoms with Crippen LogP contribution in [-0.4, -0.2) is 63.4 Å². The number of hydrogen-bond acceptors (Lipinski definition) is 6. The van der Waals surface area contributed by atoms with Crippen LogP contribution in [-0.2, 0) is 11.3 Å². The summed E-state index contributed by atoms with van der Waals surface area (Å²) in [5, 5.41) is 9.38. The number of nitrogens with zero attached hydrogens (tertiary/aromatic N) is 5. The van der Waals surface area contributed by atoms with Crippen molar-refractivity contribution in [3.05, 3.63) is 60.3 Å². The van der Waals surface area contributed by atoms with Gasteiger partial charge in [-0.25, -0.2) is 9.18 Å². The Morgan fingerprint density at radius 3 is 2.55 bits per heavy atom. The second kappa shape index (κ2) is 9.92. The predicted octanol–water partition coefficient (Wildman–Crippen LogP) is 5.05. The molecule has 1 aliphatic heterocycles. The number of carbonyl (C=O) groups is 2. The molecule has 9 nitrogen and oxygen atoms in total. The molecule has 0 unspecified atom stereocenters. The van der Waals surface area contributed by atoms with Gasteiger partial charge in [0.2, 0.25) is 0 Å². The number of benzene rings is 2. The van der Waals surface area contributed by atoms with Crippen molar-refractivity contribution in [2.75, 3.05) is 36.4 Å². The molecule has 4 aromatic rings. The Balaban J connectivity index is 1.39. The molecule has 10 heteroatoms. The Morgan fingerprint density at radius 1 is 1.08 bits per heavy atom. The van der Waals surface area contributed by atoms with Crippen molar-refractivity contribution in [2.24, 2.45) is 0 Å². The fraction of sp³-hybridized carbons (Fsp3) is 0.357. The Kier molecular flexibility index (Phi) is 6.64. The molecule has 0 aliphatic carbocycles. The van der Waals surface area contributed by atoms with E-state index < -0.39 is 11.4 Å². The van der Waals surface area contributed by atoms with Gasteiger partial charge in [0.15, 0.2) is 0 Å². The summed E-state index contributed by atoms with van der Waals surface area (Å²) in [4.78, 5) is 33.7. The number of fused-ring (bicyclic) bond motifs is 2. The van der Waals surface area contributed by atoms with E-state index in [-0.39, 0.29) is 12.0 Å². The standard InChI is InChI=1S/C28H31FN6O3/c1-5-35-17-22-24(33-10-12-34(13-11-33)27(37)38-28(2,3)4)7-6-20(25(22)32-35)26(36)31-19-14-18-8-9-30-16-21(18)23(29)15-19/h6-9,14-17H,5,10-13H2,1-4H3,(H,31,36). The van der Waals surface area contributed by atoms with E-state index in [0.29, 0.717) is 60.3 Å². The van der Waals surface area contributed by atoms with Crippen LogP contribution in [0.3, 0.4) is 0 Å². The van der Waals surface area contributed by atoms with Crippen LogP contribution < -0.4 is 10.2 Å². The Morgan fingerprint density at radius 2 is 1.84 bits per heavy atom. The van der Waals surface area contributed by atoms with Gasteiger partial charge in [-0.15, -0.1) is 0 Å². The normalized spacial score (nSPS) is 14.2. The van der Waals surface area contributed by atoms with Gasteiger partial charge < -0.3 is 19.9 Å². The van der Waals surface area contributed by atoms with Crippen molar-refractivity contribution in [3.63, 3.8) is 0 Å². The summed E-state index contributed by atoms with van der Waals surface area (Å²) < 4.78 is 21.9. The topological polar surface area (TPSA) is 92.6 Å². The van der Waals surface area contributed by atoms with Gasteiger partial charge in [-0.1, -0.05) is 0 Å². The van der Waals surface area contributed by atoms with E-state index in [4.69, 9.17) is 4.74 Å². The summed E-state index contributed by atoms with van der Waals surface area (Å²) in [6, 6.07) is 8.38. The van der Waals surface area contributed by atoms with Crippen molar-refractivity contribution in [1.29, 1.82) is 0 Å². The second-order valence-corrected chi connectivity index (χ2v) is 10.3. The minimum atomic E-state index is -0.540. The number of pyridine rings is 1. The number of nitrogens with one attached hydrogen (secondary N) is 1. The van der Waals surface area contributed by atoms with E-state index in [1.54, 1.807) is 34.0 Å². The molecule has 1 saturated heterocycles. The zero-order valence-electron chi connectivity index (χ0n) is 22.0. The monoisotopic (exact) mass is 518 g/mol. The number of aromatic nitrogens is 3. The molecule has 38 heavy (non-hydrogen) atoms. The minimum Gasteiger partial charge on any atom is -0.444 e. The number of aryl methyl sites for hydroxylation is 1. The van der Waals surface area contributed by atoms with Crippen molar-refractivity contribution in [2.45, 2.75) is 39.8 Å². The molecule has 2 aromatic carbocycles. The number of carbonyl (C=O) groups excluding carboxylic acids is 2. The summed E-state index contributed by atoms with van der Waals surface area (Å²) in [5.41, 5.74) is 1.74. The van der Waals surface area contributed by atoms with Crippen LogP contribution >= 0.6 is 0 Å². The molecule has 198 valence electrons. The highest BCUT2D eigenvalue weighted by atomic mass is 19.1. The average Bonchev–Trinajstić information content (AvgIpc) is 3.32. The molecule has 0 spiro atoms. The van der Waals surface area contributed by atoms with Crippen LogP contribution in [0, 0.1) is 5.82 Å². The van der Waals surface area contributed by atoms with E-state index in [2.05, 4.69) is 20.3 Å². The molecular formula is C28H31FN6O3.